The molecule has 0 aliphatic heterocycles. The molecule has 0 radical (unpaired) electrons. The first-order valence-electron chi connectivity index (χ1n) is 7.97. The predicted molar refractivity (Wildman–Crippen MR) is 92.3 cm³/mol. The van der Waals surface area contributed by atoms with Crippen LogP contribution in [0.2, 0.25) is 0 Å². The van der Waals surface area contributed by atoms with E-state index >= 15 is 0 Å². The Hall–Kier alpha value is -2.05. The van der Waals surface area contributed by atoms with Crippen LogP contribution in [0.4, 0.5) is 0 Å². The molecule has 2 N–H and O–H groups in total. The van der Waals surface area contributed by atoms with Crippen molar-refractivity contribution in [3.63, 3.8) is 0 Å². The van der Waals surface area contributed by atoms with Crippen molar-refractivity contribution in [3.8, 4) is 17.2 Å². The van der Waals surface area contributed by atoms with Gasteiger partial charge in [-0.05, 0) is 42.7 Å². The fourth-order valence-corrected chi connectivity index (χ4v) is 2.97. The number of phenols is 1. The Morgan fingerprint density at radius 1 is 1.04 bits per heavy atom. The molecule has 0 unspecified atom stereocenters. The highest BCUT2D eigenvalue weighted by molar-refractivity contribution is 7.85. The second-order valence-corrected chi connectivity index (χ2v) is 7.09. The molecule has 5 nitrogen and oxygen atoms in total. The lowest BCUT2D eigenvalue weighted by Crippen LogP contribution is -2.00. The summed E-state index contributed by atoms with van der Waals surface area (Å²) in [5.74, 6) is 0.443. The maximum absolute atomic E-state index is 11.5. The third-order valence-corrected chi connectivity index (χ3v) is 4.48. The van der Waals surface area contributed by atoms with E-state index in [2.05, 4.69) is 6.92 Å². The van der Waals surface area contributed by atoms with E-state index in [4.69, 9.17) is 4.74 Å². The molecule has 2 rings (SSSR count). The van der Waals surface area contributed by atoms with E-state index in [0.29, 0.717) is 6.42 Å². The number of phenolic OH excluding ortho intramolecular Hbond substituents is 1. The molecule has 0 aliphatic rings. The molecule has 2 aromatic rings. The zero-order valence-corrected chi connectivity index (χ0v) is 14.4. The van der Waals surface area contributed by atoms with E-state index in [1.165, 1.54) is 18.2 Å². The van der Waals surface area contributed by atoms with Crippen LogP contribution in [0.1, 0.15) is 38.2 Å². The zero-order chi connectivity index (χ0) is 17.6. The lowest BCUT2D eigenvalue weighted by Gasteiger charge is -2.11. The quantitative estimate of drug-likeness (QED) is 0.539. The van der Waals surface area contributed by atoms with Crippen LogP contribution in [0.15, 0.2) is 47.4 Å². The van der Waals surface area contributed by atoms with Gasteiger partial charge >= 0.3 is 0 Å². The number of benzene rings is 2. The highest BCUT2D eigenvalue weighted by Gasteiger charge is 2.14. The summed E-state index contributed by atoms with van der Waals surface area (Å²) in [6.07, 6.45) is 4.92. The summed E-state index contributed by atoms with van der Waals surface area (Å²) >= 11 is 0. The van der Waals surface area contributed by atoms with Gasteiger partial charge in [-0.1, -0.05) is 38.3 Å². The van der Waals surface area contributed by atoms with Crippen LogP contribution in [0.3, 0.4) is 0 Å². The molecule has 0 atom stereocenters. The maximum atomic E-state index is 11.5. The Labute approximate surface area is 142 Å². The SMILES string of the molecule is CCCCCCc1cc(Oc2ccccc2O)cc(S(=O)(=O)O)c1. The number of rotatable bonds is 8. The number of aromatic hydroxyl groups is 1. The van der Waals surface area contributed by atoms with Crippen LogP contribution >= 0.6 is 0 Å². The predicted octanol–water partition coefficient (Wildman–Crippen LogP) is 4.55. The summed E-state index contributed by atoms with van der Waals surface area (Å²) in [6.45, 7) is 2.12. The van der Waals surface area contributed by atoms with Crippen molar-refractivity contribution in [2.75, 3.05) is 0 Å². The van der Waals surface area contributed by atoms with Crippen LogP contribution in [-0.2, 0) is 16.5 Å². The second kappa shape index (κ2) is 8.17. The molecule has 0 heterocycles. The number of unbranched alkanes of at least 4 members (excludes halogenated alkanes) is 3. The Kier molecular flexibility index (Phi) is 6.23. The van der Waals surface area contributed by atoms with E-state index in [-0.39, 0.29) is 22.1 Å². The van der Waals surface area contributed by atoms with Crippen molar-refractivity contribution in [1.29, 1.82) is 0 Å². The molecule has 0 saturated heterocycles. The minimum Gasteiger partial charge on any atom is -0.504 e. The summed E-state index contributed by atoms with van der Waals surface area (Å²) < 4.78 is 37.9. The Bertz CT molecular complexity index is 784. The van der Waals surface area contributed by atoms with Crippen molar-refractivity contribution >= 4 is 10.1 Å². The summed E-state index contributed by atoms with van der Waals surface area (Å²) in [5.41, 5.74) is 0.770. The van der Waals surface area contributed by atoms with Crippen LogP contribution in [-0.4, -0.2) is 18.1 Å². The lowest BCUT2D eigenvalue weighted by atomic mass is 10.1. The third kappa shape index (κ3) is 5.25. The summed E-state index contributed by atoms with van der Waals surface area (Å²) in [7, 11) is -4.33. The molecule has 24 heavy (non-hydrogen) atoms. The van der Waals surface area contributed by atoms with Crippen molar-refractivity contribution in [1.82, 2.24) is 0 Å². The van der Waals surface area contributed by atoms with Gasteiger partial charge in [-0.15, -0.1) is 0 Å². The molecule has 6 heteroatoms. The van der Waals surface area contributed by atoms with Crippen LogP contribution in [0, 0.1) is 0 Å². The average molecular weight is 350 g/mol. The molecule has 130 valence electrons. The second-order valence-electron chi connectivity index (χ2n) is 5.67. The molecule has 0 saturated carbocycles. The first-order chi connectivity index (χ1) is 11.4. The minimum absolute atomic E-state index is 0.0424. The first kappa shape index (κ1) is 18.3. The number of ether oxygens (including phenoxy) is 1. The molecule has 0 amide bonds. The van der Waals surface area contributed by atoms with Gasteiger partial charge in [-0.3, -0.25) is 4.55 Å². The number of hydrogen-bond donors (Lipinski definition) is 2. The fourth-order valence-electron chi connectivity index (χ4n) is 2.41. The van der Waals surface area contributed by atoms with Crippen molar-refractivity contribution in [2.24, 2.45) is 0 Å². The monoisotopic (exact) mass is 350 g/mol. The van der Waals surface area contributed by atoms with Gasteiger partial charge < -0.3 is 9.84 Å². The average Bonchev–Trinajstić information content (AvgIpc) is 2.53. The maximum Gasteiger partial charge on any atom is 0.294 e. The van der Waals surface area contributed by atoms with Gasteiger partial charge in [0.25, 0.3) is 10.1 Å². The topological polar surface area (TPSA) is 83.8 Å². The smallest absolute Gasteiger partial charge is 0.294 e. The normalized spacial score (nSPS) is 11.4. The summed E-state index contributed by atoms with van der Waals surface area (Å²) in [4.78, 5) is -0.207. The Morgan fingerprint density at radius 3 is 2.46 bits per heavy atom. The van der Waals surface area contributed by atoms with E-state index in [9.17, 15) is 18.1 Å². The number of para-hydroxylation sites is 2. The molecule has 0 spiro atoms. The third-order valence-electron chi connectivity index (χ3n) is 3.65. The molecular weight excluding hydrogens is 328 g/mol. The molecular formula is C18H22O5S. The van der Waals surface area contributed by atoms with Crippen LogP contribution < -0.4 is 4.74 Å². The molecule has 0 aromatic heterocycles. The van der Waals surface area contributed by atoms with Gasteiger partial charge in [-0.2, -0.15) is 8.42 Å². The molecule has 0 fully saturated rings. The standard InChI is InChI=1S/C18H22O5S/c1-2-3-4-5-8-14-11-15(13-16(12-14)24(20,21)22)23-18-10-7-6-9-17(18)19/h6-7,9-13,19H,2-5,8H2,1H3,(H,20,21,22). The minimum atomic E-state index is -4.33. The van der Waals surface area contributed by atoms with Gasteiger partial charge in [-0.25, -0.2) is 0 Å². The van der Waals surface area contributed by atoms with Gasteiger partial charge in [0.1, 0.15) is 5.75 Å². The fraction of sp³-hybridized carbons (Fsp3) is 0.333. The van der Waals surface area contributed by atoms with Crippen molar-refractivity contribution < 1.29 is 22.8 Å². The summed E-state index contributed by atoms with van der Waals surface area (Å²) in [5, 5.41) is 9.78. The highest BCUT2D eigenvalue weighted by Crippen LogP contribution is 2.32. The molecule has 2 aromatic carbocycles. The van der Waals surface area contributed by atoms with Crippen LogP contribution in [0.5, 0.6) is 17.2 Å². The van der Waals surface area contributed by atoms with E-state index < -0.39 is 10.1 Å². The Balaban J connectivity index is 2.27. The van der Waals surface area contributed by atoms with E-state index in [1.54, 1.807) is 24.3 Å². The van der Waals surface area contributed by atoms with E-state index in [0.717, 1.165) is 31.2 Å². The molecule has 0 bridgehead atoms. The van der Waals surface area contributed by atoms with Crippen LogP contribution in [0.25, 0.3) is 0 Å². The van der Waals surface area contributed by atoms with Gasteiger partial charge in [0.05, 0.1) is 4.90 Å². The number of hydrogen-bond acceptors (Lipinski definition) is 4. The molecule has 0 aliphatic carbocycles. The number of aryl methyl sites for hydroxylation is 1. The first-order valence-corrected chi connectivity index (χ1v) is 9.41. The highest BCUT2D eigenvalue weighted by atomic mass is 32.2. The lowest BCUT2D eigenvalue weighted by molar-refractivity contribution is 0.410. The summed E-state index contributed by atoms with van der Waals surface area (Å²) in [6, 6.07) is 10.9. The van der Waals surface area contributed by atoms with Gasteiger partial charge in [0, 0.05) is 6.07 Å². The zero-order valence-electron chi connectivity index (χ0n) is 13.6. The largest absolute Gasteiger partial charge is 0.504 e. The van der Waals surface area contributed by atoms with Crippen molar-refractivity contribution in [2.45, 2.75) is 43.9 Å². The van der Waals surface area contributed by atoms with E-state index in [1.807, 2.05) is 0 Å². The Morgan fingerprint density at radius 2 is 1.79 bits per heavy atom. The van der Waals surface area contributed by atoms with Gasteiger partial charge in [0.15, 0.2) is 11.5 Å². The van der Waals surface area contributed by atoms with Gasteiger partial charge in [0.2, 0.25) is 0 Å². The van der Waals surface area contributed by atoms with Crippen molar-refractivity contribution in [3.05, 3.63) is 48.0 Å².